The van der Waals surface area contributed by atoms with Crippen LogP contribution in [0.3, 0.4) is 0 Å². The van der Waals surface area contributed by atoms with E-state index in [0.717, 1.165) is 24.0 Å². The Kier molecular flexibility index (Phi) is 5.80. The molecule has 1 saturated carbocycles. The molecule has 3 nitrogen and oxygen atoms in total. The van der Waals surface area contributed by atoms with E-state index in [4.69, 9.17) is 4.74 Å². The summed E-state index contributed by atoms with van der Waals surface area (Å²) in [5.41, 5.74) is 1.26. The van der Waals surface area contributed by atoms with Crippen molar-refractivity contribution in [3.8, 4) is 0 Å². The molecule has 0 saturated heterocycles. The SMILES string of the molecule is C=C(C)C(O)[C@H]1C(=C)[C@H](CC(=O)OC(C)(C)C)CC[C@@H]1C. The number of ether oxygens (including phenoxy) is 1. The fraction of sp³-hybridized carbons (Fsp3) is 0.722. The minimum absolute atomic E-state index is 0.0105. The first-order chi connectivity index (χ1) is 9.53. The maximum absolute atomic E-state index is 12.0. The largest absolute Gasteiger partial charge is 0.460 e. The molecule has 1 fully saturated rings. The zero-order valence-electron chi connectivity index (χ0n) is 14.1. The van der Waals surface area contributed by atoms with Crippen molar-refractivity contribution >= 4 is 5.97 Å². The van der Waals surface area contributed by atoms with E-state index in [1.165, 1.54) is 0 Å². The van der Waals surface area contributed by atoms with Gasteiger partial charge in [-0.2, -0.15) is 0 Å². The predicted molar refractivity (Wildman–Crippen MR) is 85.8 cm³/mol. The Morgan fingerprint density at radius 2 is 2.00 bits per heavy atom. The van der Waals surface area contributed by atoms with Gasteiger partial charge in [-0.1, -0.05) is 31.2 Å². The van der Waals surface area contributed by atoms with Gasteiger partial charge < -0.3 is 9.84 Å². The zero-order valence-corrected chi connectivity index (χ0v) is 14.1. The lowest BCUT2D eigenvalue weighted by Crippen LogP contribution is -2.36. The molecule has 1 aliphatic rings. The second-order valence-electron chi connectivity index (χ2n) is 7.43. The third kappa shape index (κ3) is 4.99. The lowest BCUT2D eigenvalue weighted by Gasteiger charge is -2.39. The Hall–Kier alpha value is -1.09. The van der Waals surface area contributed by atoms with E-state index < -0.39 is 11.7 Å². The van der Waals surface area contributed by atoms with Crippen LogP contribution >= 0.6 is 0 Å². The number of esters is 1. The molecule has 120 valence electrons. The summed E-state index contributed by atoms with van der Waals surface area (Å²) < 4.78 is 5.40. The predicted octanol–water partition coefficient (Wildman–Crippen LogP) is 3.87. The van der Waals surface area contributed by atoms with Gasteiger partial charge >= 0.3 is 5.97 Å². The molecule has 0 radical (unpaired) electrons. The van der Waals surface area contributed by atoms with Crippen LogP contribution in [0.2, 0.25) is 0 Å². The van der Waals surface area contributed by atoms with Gasteiger partial charge in [0.05, 0.1) is 12.5 Å². The van der Waals surface area contributed by atoms with Gasteiger partial charge in [0, 0.05) is 5.92 Å². The molecule has 0 aliphatic heterocycles. The van der Waals surface area contributed by atoms with E-state index in [0.29, 0.717) is 12.3 Å². The van der Waals surface area contributed by atoms with Crippen LogP contribution < -0.4 is 0 Å². The molecule has 0 spiro atoms. The molecule has 21 heavy (non-hydrogen) atoms. The summed E-state index contributed by atoms with van der Waals surface area (Å²) in [5, 5.41) is 10.4. The third-order valence-electron chi connectivity index (χ3n) is 4.21. The van der Waals surface area contributed by atoms with Crippen LogP contribution in [0.1, 0.15) is 53.9 Å². The zero-order chi connectivity index (χ0) is 16.4. The Morgan fingerprint density at radius 3 is 2.48 bits per heavy atom. The summed E-state index contributed by atoms with van der Waals surface area (Å²) in [6, 6.07) is 0. The summed E-state index contributed by atoms with van der Waals surface area (Å²) in [6.45, 7) is 17.6. The van der Waals surface area contributed by atoms with Gasteiger partial charge in [-0.05, 0) is 52.4 Å². The van der Waals surface area contributed by atoms with Crippen LogP contribution in [0.5, 0.6) is 0 Å². The summed E-state index contributed by atoms with van der Waals surface area (Å²) in [7, 11) is 0. The van der Waals surface area contributed by atoms with E-state index >= 15 is 0 Å². The highest BCUT2D eigenvalue weighted by molar-refractivity contribution is 5.70. The van der Waals surface area contributed by atoms with Crippen molar-refractivity contribution in [2.45, 2.75) is 65.6 Å². The number of carbonyl (C=O) groups excluding carboxylic acids is 1. The number of carbonyl (C=O) groups is 1. The fourth-order valence-corrected chi connectivity index (χ4v) is 3.10. The van der Waals surface area contributed by atoms with Gasteiger partial charge in [0.1, 0.15) is 5.60 Å². The van der Waals surface area contributed by atoms with Crippen LogP contribution in [0.15, 0.2) is 24.3 Å². The topological polar surface area (TPSA) is 46.5 Å². The quantitative estimate of drug-likeness (QED) is 0.632. The Bertz CT molecular complexity index is 417. The maximum Gasteiger partial charge on any atom is 0.306 e. The molecule has 1 unspecified atom stereocenters. The first-order valence-electron chi connectivity index (χ1n) is 7.77. The van der Waals surface area contributed by atoms with Crippen molar-refractivity contribution in [3.05, 3.63) is 24.3 Å². The molecule has 0 bridgehead atoms. The van der Waals surface area contributed by atoms with Crippen LogP contribution in [0.25, 0.3) is 0 Å². The van der Waals surface area contributed by atoms with Crippen molar-refractivity contribution < 1.29 is 14.6 Å². The van der Waals surface area contributed by atoms with Crippen LogP contribution in [0.4, 0.5) is 0 Å². The Labute approximate surface area is 129 Å². The molecule has 0 aromatic heterocycles. The lowest BCUT2D eigenvalue weighted by molar-refractivity contribution is -0.156. The van der Waals surface area contributed by atoms with Gasteiger partial charge in [0.25, 0.3) is 0 Å². The number of hydrogen-bond acceptors (Lipinski definition) is 3. The maximum atomic E-state index is 12.0. The second-order valence-corrected chi connectivity index (χ2v) is 7.43. The van der Waals surface area contributed by atoms with Crippen molar-refractivity contribution in [1.29, 1.82) is 0 Å². The molecule has 1 N–H and O–H groups in total. The van der Waals surface area contributed by atoms with Gasteiger partial charge in [-0.3, -0.25) is 4.79 Å². The normalized spacial score (nSPS) is 28.1. The van der Waals surface area contributed by atoms with Crippen molar-refractivity contribution in [2.24, 2.45) is 17.8 Å². The van der Waals surface area contributed by atoms with Gasteiger partial charge in [-0.15, -0.1) is 0 Å². The monoisotopic (exact) mass is 294 g/mol. The third-order valence-corrected chi connectivity index (χ3v) is 4.21. The highest BCUT2D eigenvalue weighted by Gasteiger charge is 2.37. The lowest BCUT2D eigenvalue weighted by atomic mass is 9.67. The van der Waals surface area contributed by atoms with Crippen molar-refractivity contribution in [2.75, 3.05) is 0 Å². The number of aliphatic hydroxyl groups is 1. The Morgan fingerprint density at radius 1 is 1.43 bits per heavy atom. The van der Waals surface area contributed by atoms with Crippen molar-refractivity contribution in [3.63, 3.8) is 0 Å². The first kappa shape index (κ1) is 18.0. The van der Waals surface area contributed by atoms with E-state index in [1.807, 2.05) is 27.7 Å². The number of hydrogen-bond donors (Lipinski definition) is 1. The van der Waals surface area contributed by atoms with E-state index in [9.17, 15) is 9.90 Å². The molecule has 0 heterocycles. The van der Waals surface area contributed by atoms with Gasteiger partial charge in [-0.25, -0.2) is 0 Å². The molecular weight excluding hydrogens is 264 g/mol. The fourth-order valence-electron chi connectivity index (χ4n) is 3.10. The van der Waals surface area contributed by atoms with Crippen LogP contribution in [0, 0.1) is 17.8 Å². The summed E-state index contributed by atoms with van der Waals surface area (Å²) in [4.78, 5) is 12.0. The minimum atomic E-state index is -0.575. The highest BCUT2D eigenvalue weighted by Crippen LogP contribution is 2.42. The van der Waals surface area contributed by atoms with Crippen molar-refractivity contribution in [1.82, 2.24) is 0 Å². The average Bonchev–Trinajstić information content (AvgIpc) is 2.30. The summed E-state index contributed by atoms with van der Waals surface area (Å²) in [5.74, 6) is 0.254. The molecule has 0 aromatic carbocycles. The summed E-state index contributed by atoms with van der Waals surface area (Å²) in [6.07, 6.45) is 1.69. The molecule has 1 aliphatic carbocycles. The number of rotatable bonds is 4. The first-order valence-corrected chi connectivity index (χ1v) is 7.77. The Balaban J connectivity index is 2.75. The molecule has 1 rings (SSSR count). The highest BCUT2D eigenvalue weighted by atomic mass is 16.6. The van der Waals surface area contributed by atoms with E-state index in [1.54, 1.807) is 0 Å². The molecule has 0 amide bonds. The van der Waals surface area contributed by atoms with Gasteiger partial charge in [0.2, 0.25) is 0 Å². The van der Waals surface area contributed by atoms with E-state index in [-0.39, 0.29) is 17.8 Å². The van der Waals surface area contributed by atoms with E-state index in [2.05, 4.69) is 20.1 Å². The number of aliphatic hydroxyl groups excluding tert-OH is 1. The molecule has 3 heteroatoms. The van der Waals surface area contributed by atoms with Gasteiger partial charge in [0.15, 0.2) is 0 Å². The standard InChI is InChI=1S/C18H30O3/c1-11(2)17(20)16-12(3)8-9-14(13(16)4)10-15(19)21-18(5,6)7/h12,14,16-17,20H,1,4,8-10H2,2-3,5-7H3/t12-,14-,16+,17?/m0/s1. The second kappa shape index (κ2) is 6.78. The van der Waals surface area contributed by atoms with Crippen LogP contribution in [-0.2, 0) is 9.53 Å². The smallest absolute Gasteiger partial charge is 0.306 e. The minimum Gasteiger partial charge on any atom is -0.460 e. The molecule has 4 atom stereocenters. The average molecular weight is 294 g/mol. The summed E-state index contributed by atoms with van der Waals surface area (Å²) >= 11 is 0. The van der Waals surface area contributed by atoms with Crippen LogP contribution in [-0.4, -0.2) is 22.8 Å². The molecule has 0 aromatic rings. The molecular formula is C18H30O3.